The smallest absolute Gasteiger partial charge is 0.245 e. The van der Waals surface area contributed by atoms with Crippen LogP contribution in [-0.2, 0) is 28.3 Å². The van der Waals surface area contributed by atoms with E-state index >= 15 is 0 Å². The average molecular weight is 351 g/mol. The molecule has 124 valence electrons. The van der Waals surface area contributed by atoms with Crippen LogP contribution >= 0.6 is 23.1 Å². The van der Waals surface area contributed by atoms with Crippen molar-refractivity contribution in [3.05, 3.63) is 34.0 Å². The van der Waals surface area contributed by atoms with Gasteiger partial charge < -0.3 is 10.2 Å². The topological polar surface area (TPSA) is 49.4 Å². The highest BCUT2D eigenvalue weighted by Crippen LogP contribution is 2.31. The maximum absolute atomic E-state index is 12.4. The van der Waals surface area contributed by atoms with Gasteiger partial charge in [-0.3, -0.25) is 9.59 Å². The second-order valence-electron chi connectivity index (χ2n) is 6.01. The maximum Gasteiger partial charge on any atom is 0.245 e. The minimum absolute atomic E-state index is 0.0623. The van der Waals surface area contributed by atoms with Gasteiger partial charge >= 0.3 is 0 Å². The quantitative estimate of drug-likeness (QED) is 0.849. The van der Waals surface area contributed by atoms with Crippen LogP contribution in [0.4, 0.5) is 0 Å². The van der Waals surface area contributed by atoms with Crippen molar-refractivity contribution < 1.29 is 9.59 Å². The fourth-order valence-electron chi connectivity index (χ4n) is 3.13. The van der Waals surface area contributed by atoms with E-state index in [2.05, 4.69) is 18.0 Å². The number of aryl methyl sites for hydroxylation is 1. The third-order valence-corrected chi connectivity index (χ3v) is 6.64. The van der Waals surface area contributed by atoms with Crippen molar-refractivity contribution in [3.8, 4) is 0 Å². The van der Waals surface area contributed by atoms with E-state index in [9.17, 15) is 9.59 Å². The second-order valence-corrected chi connectivity index (χ2v) is 8.34. The zero-order chi connectivity index (χ0) is 16.2. The van der Waals surface area contributed by atoms with Gasteiger partial charge in [0.1, 0.15) is 0 Å². The molecule has 0 radical (unpaired) electrons. The summed E-state index contributed by atoms with van der Waals surface area (Å²) in [6.07, 6.45) is 4.21. The van der Waals surface area contributed by atoms with Crippen LogP contribution < -0.4 is 5.32 Å². The first-order valence-electron chi connectivity index (χ1n) is 8.04. The third-order valence-electron chi connectivity index (χ3n) is 4.39. The number of amides is 2. The molecule has 1 atom stereocenters. The molecule has 3 rings (SSSR count). The number of thioether (sulfide) groups is 1. The van der Waals surface area contributed by atoms with Crippen LogP contribution in [-0.4, -0.2) is 35.6 Å². The van der Waals surface area contributed by atoms with Gasteiger partial charge in [-0.2, -0.15) is 11.8 Å². The lowest BCUT2D eigenvalue weighted by atomic mass is 9.97. The molecule has 3 heterocycles. The summed E-state index contributed by atoms with van der Waals surface area (Å²) in [5.41, 5.74) is 1.44. The van der Waals surface area contributed by atoms with Crippen LogP contribution in [0.2, 0.25) is 0 Å². The van der Waals surface area contributed by atoms with Crippen molar-refractivity contribution in [1.82, 2.24) is 10.2 Å². The van der Waals surface area contributed by atoms with E-state index in [-0.39, 0.29) is 17.7 Å². The summed E-state index contributed by atoms with van der Waals surface area (Å²) in [5, 5.41) is 3.06. The van der Waals surface area contributed by atoms with Crippen LogP contribution in [0.3, 0.4) is 0 Å². The lowest BCUT2D eigenvalue weighted by Gasteiger charge is -2.31. The Hall–Kier alpha value is -1.27. The van der Waals surface area contributed by atoms with Crippen molar-refractivity contribution in [1.29, 1.82) is 0 Å². The maximum atomic E-state index is 12.4. The summed E-state index contributed by atoms with van der Waals surface area (Å²) < 4.78 is 0. The summed E-state index contributed by atoms with van der Waals surface area (Å²) in [5.74, 6) is 2.19. The van der Waals surface area contributed by atoms with Gasteiger partial charge in [-0.05, 0) is 42.7 Å². The number of carbonyl (C=O) groups is 2. The van der Waals surface area contributed by atoms with E-state index in [1.165, 1.54) is 27.1 Å². The molecule has 1 unspecified atom stereocenters. The average Bonchev–Trinajstić information content (AvgIpc) is 3.02. The molecule has 0 aliphatic carbocycles. The number of thiophene rings is 1. The number of hydrogen-bond acceptors (Lipinski definition) is 4. The Bertz CT molecular complexity index is 588. The van der Waals surface area contributed by atoms with Gasteiger partial charge in [-0.1, -0.05) is 6.58 Å². The number of hydrogen-bond donors (Lipinski definition) is 1. The highest BCUT2D eigenvalue weighted by Gasteiger charge is 2.27. The van der Waals surface area contributed by atoms with Crippen molar-refractivity contribution in [2.45, 2.75) is 31.6 Å². The second kappa shape index (κ2) is 7.53. The summed E-state index contributed by atoms with van der Waals surface area (Å²) in [6, 6.07) is 2.24. The number of carbonyl (C=O) groups excluding carboxylic acids is 2. The molecule has 2 aliphatic rings. The molecule has 1 saturated heterocycles. The van der Waals surface area contributed by atoms with E-state index in [0.717, 1.165) is 31.6 Å². The molecule has 1 fully saturated rings. The number of nitrogens with zero attached hydrogens (tertiary/aromatic N) is 1. The molecular formula is C17H22N2O2S2. The lowest BCUT2D eigenvalue weighted by molar-refractivity contribution is -0.132. The first-order valence-corrected chi connectivity index (χ1v) is 10.0. The predicted molar refractivity (Wildman–Crippen MR) is 95.5 cm³/mol. The van der Waals surface area contributed by atoms with Gasteiger partial charge in [-0.25, -0.2) is 0 Å². The standard InChI is InChI=1S/C17H22N2O2S2/c1-2-16(20)19-6-3-4-12(10-19)17(21)18-9-14-8-13-11-22-7-5-15(13)23-14/h2,8,12H,1,3-7,9-11H2,(H,18,21). The summed E-state index contributed by atoms with van der Waals surface area (Å²) >= 11 is 3.80. The first-order chi connectivity index (χ1) is 11.2. The predicted octanol–water partition coefficient (Wildman–Crippen LogP) is 2.58. The summed E-state index contributed by atoms with van der Waals surface area (Å²) in [6.45, 7) is 5.36. The zero-order valence-electron chi connectivity index (χ0n) is 13.2. The van der Waals surface area contributed by atoms with Gasteiger partial charge in [0.05, 0.1) is 12.5 Å². The Morgan fingerprint density at radius 1 is 1.48 bits per heavy atom. The van der Waals surface area contributed by atoms with Crippen molar-refractivity contribution in [3.63, 3.8) is 0 Å². The van der Waals surface area contributed by atoms with E-state index in [0.29, 0.717) is 13.1 Å². The Balaban J connectivity index is 1.53. The Morgan fingerprint density at radius 3 is 3.13 bits per heavy atom. The molecule has 6 heteroatoms. The zero-order valence-corrected chi connectivity index (χ0v) is 14.8. The number of fused-ring (bicyclic) bond motifs is 1. The molecule has 0 spiro atoms. The van der Waals surface area contributed by atoms with Crippen LogP contribution in [0.15, 0.2) is 18.7 Å². The Morgan fingerprint density at radius 2 is 2.35 bits per heavy atom. The summed E-state index contributed by atoms with van der Waals surface area (Å²) in [4.78, 5) is 28.5. The largest absolute Gasteiger partial charge is 0.351 e. The molecular weight excluding hydrogens is 328 g/mol. The normalized spacial score (nSPS) is 20.7. The fourth-order valence-corrected chi connectivity index (χ4v) is 5.45. The molecule has 0 bridgehead atoms. The van der Waals surface area contributed by atoms with Gasteiger partial charge in [0.15, 0.2) is 0 Å². The Labute approximate surface area is 145 Å². The minimum atomic E-state index is -0.0993. The number of rotatable bonds is 4. The Kier molecular flexibility index (Phi) is 5.43. The van der Waals surface area contributed by atoms with Crippen molar-refractivity contribution in [2.24, 2.45) is 5.92 Å². The van der Waals surface area contributed by atoms with Gasteiger partial charge in [-0.15, -0.1) is 11.3 Å². The van der Waals surface area contributed by atoms with E-state index in [1.54, 1.807) is 4.90 Å². The minimum Gasteiger partial charge on any atom is -0.351 e. The van der Waals surface area contributed by atoms with Gasteiger partial charge in [0, 0.05) is 28.6 Å². The van der Waals surface area contributed by atoms with E-state index in [1.807, 2.05) is 23.1 Å². The lowest BCUT2D eigenvalue weighted by Crippen LogP contribution is -2.44. The number of likely N-dealkylation sites (tertiary alicyclic amines) is 1. The monoisotopic (exact) mass is 350 g/mol. The molecule has 4 nitrogen and oxygen atoms in total. The highest BCUT2D eigenvalue weighted by atomic mass is 32.2. The van der Waals surface area contributed by atoms with E-state index < -0.39 is 0 Å². The molecule has 1 N–H and O–H groups in total. The van der Waals surface area contributed by atoms with Crippen LogP contribution in [0.1, 0.15) is 28.2 Å². The van der Waals surface area contributed by atoms with Crippen LogP contribution in [0.5, 0.6) is 0 Å². The van der Waals surface area contributed by atoms with Gasteiger partial charge in [0.25, 0.3) is 0 Å². The third kappa shape index (κ3) is 3.98. The van der Waals surface area contributed by atoms with Crippen LogP contribution in [0.25, 0.3) is 0 Å². The highest BCUT2D eigenvalue weighted by molar-refractivity contribution is 7.98. The molecule has 0 saturated carbocycles. The summed E-state index contributed by atoms with van der Waals surface area (Å²) in [7, 11) is 0. The first kappa shape index (κ1) is 16.6. The molecule has 23 heavy (non-hydrogen) atoms. The number of piperidine rings is 1. The van der Waals surface area contributed by atoms with Crippen molar-refractivity contribution in [2.75, 3.05) is 18.8 Å². The van der Waals surface area contributed by atoms with Gasteiger partial charge in [0.2, 0.25) is 11.8 Å². The number of nitrogens with one attached hydrogen (secondary N) is 1. The molecule has 1 aromatic heterocycles. The van der Waals surface area contributed by atoms with Crippen molar-refractivity contribution >= 4 is 34.9 Å². The molecule has 2 aliphatic heterocycles. The van der Waals surface area contributed by atoms with E-state index in [4.69, 9.17) is 0 Å². The molecule has 0 aromatic carbocycles. The SMILES string of the molecule is C=CC(=O)N1CCCC(C(=O)NCc2cc3c(s2)CCSC3)C1. The molecule has 1 aromatic rings. The molecule has 2 amide bonds. The van der Waals surface area contributed by atoms with Crippen LogP contribution in [0, 0.1) is 5.92 Å². The fraction of sp³-hybridized carbons (Fsp3) is 0.529.